The number of hydrogen-bond donors (Lipinski definition) is 1. The number of anilines is 1. The van der Waals surface area contributed by atoms with Crippen LogP contribution >= 0.6 is 0 Å². The number of carbonyl (C=O) groups is 2. The molecule has 3 aromatic carbocycles. The Hall–Kier alpha value is -3.85. The Morgan fingerprint density at radius 2 is 1.50 bits per heavy atom. The molecule has 0 fully saturated rings. The molecule has 1 N–H and O–H groups in total. The van der Waals surface area contributed by atoms with Gasteiger partial charge in [-0.2, -0.15) is 0 Å². The molecule has 0 aliphatic rings. The molecule has 8 nitrogen and oxygen atoms in total. The Labute approximate surface area is 225 Å². The van der Waals surface area contributed by atoms with Gasteiger partial charge in [0.1, 0.15) is 18.3 Å². The fourth-order valence-electron chi connectivity index (χ4n) is 4.18. The molecule has 0 aliphatic carbocycles. The van der Waals surface area contributed by atoms with Gasteiger partial charge in [0.15, 0.2) is 0 Å². The summed E-state index contributed by atoms with van der Waals surface area (Å²) in [5.41, 5.74) is 1.33. The zero-order chi connectivity index (χ0) is 27.5. The van der Waals surface area contributed by atoms with Crippen LogP contribution in [0.4, 0.5) is 5.69 Å². The molecule has 0 heterocycles. The first kappa shape index (κ1) is 28.7. The molecule has 1 unspecified atom stereocenters. The van der Waals surface area contributed by atoms with Gasteiger partial charge in [-0.25, -0.2) is 8.42 Å². The third kappa shape index (κ3) is 7.13. The second-order valence-electron chi connectivity index (χ2n) is 8.66. The number of ether oxygens (including phenoxy) is 1. The second-order valence-corrected chi connectivity index (χ2v) is 10.5. The summed E-state index contributed by atoms with van der Waals surface area (Å²) >= 11 is 0. The SMILES string of the molecule is CCNC(=O)C(CC)N(CCc1ccccc1)C(=O)CN(c1ccc(OC)cc1)S(=O)(=O)c1ccccc1. The molecular formula is C29H35N3O5S. The van der Waals surface area contributed by atoms with E-state index in [9.17, 15) is 18.0 Å². The minimum Gasteiger partial charge on any atom is -0.497 e. The summed E-state index contributed by atoms with van der Waals surface area (Å²) in [7, 11) is -2.57. The van der Waals surface area contributed by atoms with Crippen LogP contribution in [0.2, 0.25) is 0 Å². The van der Waals surface area contributed by atoms with Gasteiger partial charge in [-0.1, -0.05) is 55.5 Å². The fraction of sp³-hybridized carbons (Fsp3) is 0.310. The van der Waals surface area contributed by atoms with E-state index in [2.05, 4.69) is 5.32 Å². The van der Waals surface area contributed by atoms with Gasteiger partial charge in [0.25, 0.3) is 10.0 Å². The summed E-state index contributed by atoms with van der Waals surface area (Å²) < 4.78 is 33.8. The summed E-state index contributed by atoms with van der Waals surface area (Å²) in [6.07, 6.45) is 0.913. The van der Waals surface area contributed by atoms with E-state index in [0.29, 0.717) is 30.8 Å². The smallest absolute Gasteiger partial charge is 0.264 e. The zero-order valence-corrected chi connectivity index (χ0v) is 22.9. The van der Waals surface area contributed by atoms with E-state index >= 15 is 0 Å². The standard InChI is InChI=1S/C29H35N3O5S/c1-4-27(29(34)30-5-2)31(21-20-23-12-8-6-9-13-23)28(33)22-32(24-16-18-25(37-3)19-17-24)38(35,36)26-14-10-7-11-15-26/h6-19,27H,4-5,20-22H2,1-3H3,(H,30,34). The maximum absolute atomic E-state index is 13.9. The lowest BCUT2D eigenvalue weighted by molar-refractivity contribution is -0.139. The average Bonchev–Trinajstić information content (AvgIpc) is 2.95. The van der Waals surface area contributed by atoms with E-state index in [1.165, 1.54) is 24.1 Å². The third-order valence-corrected chi connectivity index (χ3v) is 7.98. The molecule has 1 atom stereocenters. The van der Waals surface area contributed by atoms with Crippen molar-refractivity contribution in [3.8, 4) is 5.75 Å². The monoisotopic (exact) mass is 537 g/mol. The van der Waals surface area contributed by atoms with Crippen molar-refractivity contribution in [1.29, 1.82) is 0 Å². The quantitative estimate of drug-likeness (QED) is 0.357. The first-order valence-corrected chi connectivity index (χ1v) is 14.1. The van der Waals surface area contributed by atoms with Crippen molar-refractivity contribution in [3.63, 3.8) is 0 Å². The van der Waals surface area contributed by atoms with Crippen LogP contribution in [0.5, 0.6) is 5.75 Å². The van der Waals surface area contributed by atoms with E-state index in [4.69, 9.17) is 4.74 Å². The van der Waals surface area contributed by atoms with Gasteiger partial charge in [-0.15, -0.1) is 0 Å². The summed E-state index contributed by atoms with van der Waals surface area (Å²) in [5.74, 6) is -0.170. The lowest BCUT2D eigenvalue weighted by atomic mass is 10.1. The lowest BCUT2D eigenvalue weighted by Gasteiger charge is -2.33. The Kier molecular flexibility index (Phi) is 10.3. The van der Waals surface area contributed by atoms with Gasteiger partial charge in [-0.3, -0.25) is 13.9 Å². The van der Waals surface area contributed by atoms with Crippen molar-refractivity contribution in [2.75, 3.05) is 31.0 Å². The van der Waals surface area contributed by atoms with Crippen molar-refractivity contribution in [1.82, 2.24) is 10.2 Å². The van der Waals surface area contributed by atoms with Gasteiger partial charge in [0.05, 0.1) is 17.7 Å². The fourth-order valence-corrected chi connectivity index (χ4v) is 5.62. The van der Waals surface area contributed by atoms with Crippen molar-refractivity contribution in [3.05, 3.63) is 90.5 Å². The average molecular weight is 538 g/mol. The first-order valence-electron chi connectivity index (χ1n) is 12.6. The van der Waals surface area contributed by atoms with Gasteiger partial charge in [0, 0.05) is 13.1 Å². The predicted molar refractivity (Wildman–Crippen MR) is 149 cm³/mol. The molecule has 0 saturated heterocycles. The molecule has 0 bridgehead atoms. The summed E-state index contributed by atoms with van der Waals surface area (Å²) in [6.45, 7) is 3.88. The van der Waals surface area contributed by atoms with Crippen LogP contribution in [0.15, 0.2) is 89.8 Å². The number of benzene rings is 3. The number of amides is 2. The Morgan fingerprint density at radius 1 is 0.895 bits per heavy atom. The van der Waals surface area contributed by atoms with Crippen LogP contribution in [-0.4, -0.2) is 57.9 Å². The minimum atomic E-state index is -4.09. The maximum atomic E-state index is 13.9. The molecular weight excluding hydrogens is 502 g/mol. The van der Waals surface area contributed by atoms with Crippen molar-refractivity contribution >= 4 is 27.5 Å². The number of hydrogen-bond acceptors (Lipinski definition) is 5. The summed E-state index contributed by atoms with van der Waals surface area (Å²) in [5, 5.41) is 2.81. The highest BCUT2D eigenvalue weighted by molar-refractivity contribution is 7.92. The zero-order valence-electron chi connectivity index (χ0n) is 22.0. The highest BCUT2D eigenvalue weighted by Crippen LogP contribution is 2.26. The molecule has 0 aromatic heterocycles. The van der Waals surface area contributed by atoms with E-state index < -0.39 is 28.5 Å². The van der Waals surface area contributed by atoms with Crippen molar-refractivity contribution in [2.24, 2.45) is 0 Å². The number of carbonyl (C=O) groups excluding carboxylic acids is 2. The van der Waals surface area contributed by atoms with Gasteiger partial charge in [-0.05, 0) is 61.7 Å². The minimum absolute atomic E-state index is 0.0650. The molecule has 2 amide bonds. The Morgan fingerprint density at radius 3 is 2.05 bits per heavy atom. The molecule has 0 saturated carbocycles. The summed E-state index contributed by atoms with van der Waals surface area (Å²) in [6, 6.07) is 23.4. The van der Waals surface area contributed by atoms with Crippen LogP contribution in [0, 0.1) is 0 Å². The van der Waals surface area contributed by atoms with Gasteiger partial charge >= 0.3 is 0 Å². The molecule has 9 heteroatoms. The second kappa shape index (κ2) is 13.6. The molecule has 0 radical (unpaired) electrons. The van der Waals surface area contributed by atoms with Crippen LogP contribution in [0.1, 0.15) is 25.8 Å². The number of nitrogens with zero attached hydrogens (tertiary/aromatic N) is 2. The predicted octanol–water partition coefficient (Wildman–Crippen LogP) is 3.88. The lowest BCUT2D eigenvalue weighted by Crippen LogP contribution is -2.53. The van der Waals surface area contributed by atoms with Gasteiger partial charge in [0.2, 0.25) is 11.8 Å². The van der Waals surface area contributed by atoms with E-state index in [1.54, 1.807) is 42.5 Å². The van der Waals surface area contributed by atoms with E-state index in [1.807, 2.05) is 44.2 Å². The van der Waals surface area contributed by atoms with Crippen molar-refractivity contribution < 1.29 is 22.7 Å². The molecule has 3 aromatic rings. The molecule has 0 spiro atoms. The van der Waals surface area contributed by atoms with Crippen LogP contribution < -0.4 is 14.4 Å². The third-order valence-electron chi connectivity index (χ3n) is 6.19. The summed E-state index contributed by atoms with van der Waals surface area (Å²) in [4.78, 5) is 28.4. The maximum Gasteiger partial charge on any atom is 0.264 e. The Bertz CT molecular complexity index is 1280. The normalized spacial score (nSPS) is 11.9. The highest BCUT2D eigenvalue weighted by atomic mass is 32.2. The molecule has 0 aliphatic heterocycles. The van der Waals surface area contributed by atoms with Crippen LogP contribution in [-0.2, 0) is 26.0 Å². The van der Waals surface area contributed by atoms with E-state index in [0.717, 1.165) is 9.87 Å². The van der Waals surface area contributed by atoms with Crippen LogP contribution in [0.25, 0.3) is 0 Å². The largest absolute Gasteiger partial charge is 0.497 e. The van der Waals surface area contributed by atoms with Crippen molar-refractivity contribution in [2.45, 2.75) is 37.6 Å². The molecule has 202 valence electrons. The highest BCUT2D eigenvalue weighted by Gasteiger charge is 2.33. The van der Waals surface area contributed by atoms with Crippen LogP contribution in [0.3, 0.4) is 0 Å². The number of nitrogens with one attached hydrogen (secondary N) is 1. The Balaban J connectivity index is 1.99. The topological polar surface area (TPSA) is 96.0 Å². The number of methoxy groups -OCH3 is 1. The van der Waals surface area contributed by atoms with Gasteiger partial charge < -0.3 is 15.0 Å². The molecule has 3 rings (SSSR count). The first-order chi connectivity index (χ1) is 18.3. The number of sulfonamides is 1. The molecule has 38 heavy (non-hydrogen) atoms. The number of rotatable bonds is 13. The number of likely N-dealkylation sites (N-methyl/N-ethyl adjacent to an activating group) is 1. The van der Waals surface area contributed by atoms with E-state index in [-0.39, 0.29) is 17.3 Å².